The Balaban J connectivity index is 1.43. The van der Waals surface area contributed by atoms with Gasteiger partial charge in [-0.1, -0.05) is 0 Å². The lowest BCUT2D eigenvalue weighted by Gasteiger charge is -2.37. The fourth-order valence-corrected chi connectivity index (χ4v) is 4.57. The fraction of sp³-hybridized carbons (Fsp3) is 0.500. The van der Waals surface area contributed by atoms with Crippen LogP contribution in [0.4, 0.5) is 19.3 Å². The molecule has 2 heterocycles. The molecule has 4 atom stereocenters. The lowest BCUT2D eigenvalue weighted by molar-refractivity contribution is -0.138. The summed E-state index contributed by atoms with van der Waals surface area (Å²) in [5, 5.41) is 7.02. The molecule has 0 radical (unpaired) electrons. The molecule has 172 valence electrons. The van der Waals surface area contributed by atoms with Crippen molar-refractivity contribution in [2.45, 2.75) is 25.0 Å². The number of nitrogens with zero attached hydrogens (tertiary/aromatic N) is 4. The average Bonchev–Trinajstić information content (AvgIpc) is 3.43. The Labute approximate surface area is 185 Å². The second-order valence-electron chi connectivity index (χ2n) is 8.65. The molecule has 1 saturated heterocycles. The van der Waals surface area contributed by atoms with Crippen LogP contribution in [0.5, 0.6) is 0 Å². The standard InChI is InChI=1S/C22H27F2N5O3/c1-27(2)21(30)13-32-20-9-15-12-28(11-14(15)8-19(20)29-7-3-6-25-29)22(31)26-16-4-5-17(23)18(24)10-16/h3-7,10,14-15,19-20H,8-9,11-13H2,1-2H3,(H,26,31)/t14-,15+,19-,20-/m0/s1. The number of carbonyl (C=O) groups is 2. The number of ether oxygens (including phenoxy) is 1. The molecule has 1 aromatic heterocycles. The zero-order valence-corrected chi connectivity index (χ0v) is 18.1. The number of likely N-dealkylation sites (N-methyl/N-ethyl adjacent to an activating group) is 1. The summed E-state index contributed by atoms with van der Waals surface area (Å²) in [5.74, 6) is -1.60. The van der Waals surface area contributed by atoms with Gasteiger partial charge in [-0.15, -0.1) is 0 Å². The Bertz CT molecular complexity index is 968. The van der Waals surface area contributed by atoms with Crippen molar-refractivity contribution in [3.05, 3.63) is 48.3 Å². The largest absolute Gasteiger partial charge is 0.366 e. The Morgan fingerprint density at radius 3 is 2.59 bits per heavy atom. The number of fused-ring (bicyclic) bond motifs is 1. The van der Waals surface area contributed by atoms with Crippen molar-refractivity contribution in [3.8, 4) is 0 Å². The predicted octanol–water partition coefficient (Wildman–Crippen LogP) is 2.75. The van der Waals surface area contributed by atoms with Crippen LogP contribution < -0.4 is 5.32 Å². The van der Waals surface area contributed by atoms with Gasteiger partial charge in [-0.3, -0.25) is 9.48 Å². The summed E-state index contributed by atoms with van der Waals surface area (Å²) >= 11 is 0. The quantitative estimate of drug-likeness (QED) is 0.765. The lowest BCUT2D eigenvalue weighted by atomic mass is 9.77. The zero-order valence-electron chi connectivity index (χ0n) is 18.1. The number of likely N-dealkylation sites (tertiary alicyclic amines) is 1. The molecular weight excluding hydrogens is 420 g/mol. The number of nitrogens with one attached hydrogen (secondary N) is 1. The molecule has 1 aliphatic heterocycles. The molecule has 0 spiro atoms. The molecule has 2 aliphatic rings. The molecule has 2 aromatic rings. The van der Waals surface area contributed by atoms with Gasteiger partial charge in [0.15, 0.2) is 11.6 Å². The molecule has 1 aliphatic carbocycles. The molecule has 32 heavy (non-hydrogen) atoms. The van der Waals surface area contributed by atoms with Crippen molar-refractivity contribution >= 4 is 17.6 Å². The van der Waals surface area contributed by atoms with E-state index in [9.17, 15) is 18.4 Å². The van der Waals surface area contributed by atoms with Gasteiger partial charge in [0.05, 0.1) is 12.1 Å². The minimum Gasteiger partial charge on any atom is -0.366 e. The van der Waals surface area contributed by atoms with Gasteiger partial charge in [-0.25, -0.2) is 13.6 Å². The molecule has 3 amide bonds. The Hall–Kier alpha value is -3.01. The molecule has 8 nitrogen and oxygen atoms in total. The first kappa shape index (κ1) is 22.2. The van der Waals surface area contributed by atoms with Gasteiger partial charge in [-0.2, -0.15) is 5.10 Å². The van der Waals surface area contributed by atoms with Crippen molar-refractivity contribution in [2.24, 2.45) is 11.8 Å². The van der Waals surface area contributed by atoms with Crippen LogP contribution in [0.2, 0.25) is 0 Å². The van der Waals surface area contributed by atoms with Crippen LogP contribution in [-0.2, 0) is 9.53 Å². The maximum Gasteiger partial charge on any atom is 0.321 e. The predicted molar refractivity (Wildman–Crippen MR) is 113 cm³/mol. The van der Waals surface area contributed by atoms with E-state index in [4.69, 9.17) is 4.74 Å². The second kappa shape index (κ2) is 9.23. The van der Waals surface area contributed by atoms with E-state index in [1.165, 1.54) is 11.0 Å². The van der Waals surface area contributed by atoms with E-state index in [0.29, 0.717) is 19.5 Å². The van der Waals surface area contributed by atoms with Gasteiger partial charge in [0, 0.05) is 51.3 Å². The minimum atomic E-state index is -1.01. The molecule has 1 aromatic carbocycles. The van der Waals surface area contributed by atoms with Crippen LogP contribution in [0.3, 0.4) is 0 Å². The summed E-state index contributed by atoms with van der Waals surface area (Å²) in [6.07, 6.45) is 4.86. The zero-order chi connectivity index (χ0) is 22.8. The monoisotopic (exact) mass is 447 g/mol. The summed E-state index contributed by atoms with van der Waals surface area (Å²) in [6, 6.07) is 4.76. The number of hydrogen-bond acceptors (Lipinski definition) is 4. The van der Waals surface area contributed by atoms with Crippen molar-refractivity contribution in [1.29, 1.82) is 0 Å². The molecule has 1 N–H and O–H groups in total. The maximum absolute atomic E-state index is 13.5. The van der Waals surface area contributed by atoms with E-state index < -0.39 is 11.6 Å². The van der Waals surface area contributed by atoms with Gasteiger partial charge in [0.25, 0.3) is 0 Å². The number of hydrogen-bond donors (Lipinski definition) is 1. The number of urea groups is 1. The summed E-state index contributed by atoms with van der Waals surface area (Å²) < 4.78 is 34.5. The summed E-state index contributed by atoms with van der Waals surface area (Å²) in [4.78, 5) is 28.0. The highest BCUT2D eigenvalue weighted by Crippen LogP contribution is 2.42. The molecule has 2 fully saturated rings. The SMILES string of the molecule is CN(C)C(=O)CO[C@H]1C[C@@H]2CN(C(=O)Nc3ccc(F)c(F)c3)C[C@@H]2C[C@@H]1n1cccn1. The number of aromatic nitrogens is 2. The third-order valence-electron chi connectivity index (χ3n) is 6.33. The van der Waals surface area contributed by atoms with E-state index in [-0.39, 0.29) is 48.2 Å². The lowest BCUT2D eigenvalue weighted by Crippen LogP contribution is -2.40. The number of carbonyl (C=O) groups excluding carboxylic acids is 2. The highest BCUT2D eigenvalue weighted by atomic mass is 19.2. The number of anilines is 1. The first-order valence-electron chi connectivity index (χ1n) is 10.6. The highest BCUT2D eigenvalue weighted by Gasteiger charge is 2.45. The number of halogens is 2. The summed E-state index contributed by atoms with van der Waals surface area (Å²) in [5.41, 5.74) is 0.210. The molecule has 0 bridgehead atoms. The van der Waals surface area contributed by atoms with E-state index in [1.807, 2.05) is 16.9 Å². The minimum absolute atomic E-state index is 0.00679. The van der Waals surface area contributed by atoms with E-state index in [1.54, 1.807) is 25.2 Å². The van der Waals surface area contributed by atoms with Gasteiger partial charge >= 0.3 is 6.03 Å². The molecule has 10 heteroatoms. The normalized spacial score (nSPS) is 24.8. The topological polar surface area (TPSA) is 79.7 Å². The number of amides is 3. The third-order valence-corrected chi connectivity index (χ3v) is 6.33. The van der Waals surface area contributed by atoms with E-state index >= 15 is 0 Å². The van der Waals surface area contributed by atoms with Gasteiger partial charge in [0.2, 0.25) is 5.91 Å². The summed E-state index contributed by atoms with van der Waals surface area (Å²) in [6.45, 7) is 1.09. The Kier molecular flexibility index (Phi) is 6.40. The van der Waals surface area contributed by atoms with Crippen LogP contribution in [0, 0.1) is 23.5 Å². The Morgan fingerprint density at radius 2 is 1.94 bits per heavy atom. The van der Waals surface area contributed by atoms with Crippen molar-refractivity contribution < 1.29 is 23.1 Å². The highest BCUT2D eigenvalue weighted by molar-refractivity contribution is 5.89. The van der Waals surface area contributed by atoms with Crippen molar-refractivity contribution in [2.75, 3.05) is 39.1 Å². The number of rotatable bonds is 5. The molecule has 0 unspecified atom stereocenters. The van der Waals surface area contributed by atoms with Gasteiger partial charge in [0.1, 0.15) is 6.61 Å². The van der Waals surface area contributed by atoms with Crippen LogP contribution in [-0.4, -0.2) is 71.4 Å². The van der Waals surface area contributed by atoms with Gasteiger partial charge < -0.3 is 19.9 Å². The van der Waals surface area contributed by atoms with Gasteiger partial charge in [-0.05, 0) is 42.9 Å². The van der Waals surface area contributed by atoms with Crippen LogP contribution >= 0.6 is 0 Å². The molecule has 1 saturated carbocycles. The smallest absolute Gasteiger partial charge is 0.321 e. The third kappa shape index (κ3) is 4.74. The van der Waals surface area contributed by atoms with Crippen molar-refractivity contribution in [1.82, 2.24) is 19.6 Å². The first-order valence-corrected chi connectivity index (χ1v) is 10.6. The van der Waals surface area contributed by atoms with E-state index in [0.717, 1.165) is 18.6 Å². The van der Waals surface area contributed by atoms with Crippen LogP contribution in [0.1, 0.15) is 18.9 Å². The summed E-state index contributed by atoms with van der Waals surface area (Å²) in [7, 11) is 3.38. The van der Waals surface area contributed by atoms with E-state index in [2.05, 4.69) is 10.4 Å². The average molecular weight is 447 g/mol. The maximum atomic E-state index is 13.5. The molecular formula is C22H27F2N5O3. The van der Waals surface area contributed by atoms with Crippen LogP contribution in [0.25, 0.3) is 0 Å². The first-order chi connectivity index (χ1) is 15.3. The second-order valence-corrected chi connectivity index (χ2v) is 8.65. The fourth-order valence-electron chi connectivity index (χ4n) is 4.57. The number of benzene rings is 1. The molecule has 4 rings (SSSR count). The van der Waals surface area contributed by atoms with Crippen LogP contribution in [0.15, 0.2) is 36.7 Å². The Morgan fingerprint density at radius 1 is 1.19 bits per heavy atom. The van der Waals surface area contributed by atoms with Crippen molar-refractivity contribution in [3.63, 3.8) is 0 Å².